The van der Waals surface area contributed by atoms with Crippen LogP contribution in [-0.4, -0.2) is 27.6 Å². The zero-order valence-corrected chi connectivity index (χ0v) is 16.2. The molecular weight excluding hydrogens is 397 g/mol. The maximum absolute atomic E-state index is 13.0. The number of Topliss-reactive ketones (excluding diaryl/α,β-unsaturated/α-hetero) is 1. The predicted octanol–water partition coefficient (Wildman–Crippen LogP) is 4.00. The SMILES string of the molecule is Cc1cc(C(=O)Cn2cc(C(F)(F)F)cc(Cl)c2=O)c(C)n1C[C@@H]1CCCO1. The first-order chi connectivity index (χ1) is 13.1. The van der Waals surface area contributed by atoms with Crippen LogP contribution in [0.25, 0.3) is 0 Å². The lowest BCUT2D eigenvalue weighted by Gasteiger charge is -2.15. The highest BCUT2D eigenvalue weighted by Crippen LogP contribution is 2.29. The van der Waals surface area contributed by atoms with Gasteiger partial charge in [-0.05, 0) is 38.8 Å². The van der Waals surface area contributed by atoms with E-state index in [1.165, 1.54) is 0 Å². The average molecular weight is 417 g/mol. The molecule has 2 aromatic heterocycles. The van der Waals surface area contributed by atoms with Gasteiger partial charge in [-0.15, -0.1) is 0 Å². The molecule has 0 unspecified atom stereocenters. The highest BCUT2D eigenvalue weighted by molar-refractivity contribution is 6.30. The van der Waals surface area contributed by atoms with Crippen LogP contribution in [0.4, 0.5) is 13.2 Å². The maximum Gasteiger partial charge on any atom is 0.417 e. The highest BCUT2D eigenvalue weighted by Gasteiger charge is 2.32. The second kappa shape index (κ2) is 7.75. The number of hydrogen-bond acceptors (Lipinski definition) is 3. The Morgan fingerprint density at radius 1 is 1.32 bits per heavy atom. The molecule has 0 aromatic carbocycles. The summed E-state index contributed by atoms with van der Waals surface area (Å²) in [5.74, 6) is -0.454. The molecule has 1 fully saturated rings. The van der Waals surface area contributed by atoms with Crippen molar-refractivity contribution in [1.29, 1.82) is 0 Å². The van der Waals surface area contributed by atoms with Gasteiger partial charge in [0.15, 0.2) is 5.78 Å². The molecule has 152 valence electrons. The zero-order valence-electron chi connectivity index (χ0n) is 15.5. The number of aryl methyl sites for hydroxylation is 1. The molecule has 2 aromatic rings. The van der Waals surface area contributed by atoms with E-state index in [4.69, 9.17) is 16.3 Å². The van der Waals surface area contributed by atoms with E-state index in [9.17, 15) is 22.8 Å². The van der Waals surface area contributed by atoms with Crippen molar-refractivity contribution < 1.29 is 22.7 Å². The van der Waals surface area contributed by atoms with Gasteiger partial charge in [-0.1, -0.05) is 11.6 Å². The molecule has 1 aliphatic rings. The first-order valence-corrected chi connectivity index (χ1v) is 9.24. The van der Waals surface area contributed by atoms with Crippen LogP contribution >= 0.6 is 11.6 Å². The summed E-state index contributed by atoms with van der Waals surface area (Å²) in [4.78, 5) is 24.8. The summed E-state index contributed by atoms with van der Waals surface area (Å²) in [5, 5.41) is -0.577. The Morgan fingerprint density at radius 2 is 2.04 bits per heavy atom. The molecule has 0 aliphatic carbocycles. The Labute approximate surface area is 164 Å². The molecule has 5 nitrogen and oxygen atoms in total. The summed E-state index contributed by atoms with van der Waals surface area (Å²) < 4.78 is 47.2. The number of ketones is 1. The molecule has 0 N–H and O–H groups in total. The number of aromatic nitrogens is 2. The van der Waals surface area contributed by atoms with Gasteiger partial charge in [0, 0.05) is 36.3 Å². The van der Waals surface area contributed by atoms with Crippen LogP contribution in [0.1, 0.15) is 40.2 Å². The highest BCUT2D eigenvalue weighted by atomic mass is 35.5. The number of ether oxygens (including phenoxy) is 1. The van der Waals surface area contributed by atoms with E-state index in [0.717, 1.165) is 25.1 Å². The standard InChI is InChI=1S/C19H20ClF3N2O3/c1-11-6-15(12(2)25(11)9-14-4-3-5-28-14)17(26)10-24-8-13(19(21,22)23)7-16(20)18(24)27/h6-8,14H,3-5,9-10H2,1-2H3/t14-/m0/s1. The fourth-order valence-corrected chi connectivity index (χ4v) is 3.69. The van der Waals surface area contributed by atoms with Crippen LogP contribution in [0.2, 0.25) is 5.02 Å². The third-order valence-corrected chi connectivity index (χ3v) is 5.24. The summed E-state index contributed by atoms with van der Waals surface area (Å²) in [7, 11) is 0. The van der Waals surface area contributed by atoms with E-state index in [0.29, 0.717) is 34.6 Å². The smallest absolute Gasteiger partial charge is 0.376 e. The number of carbonyl (C=O) groups excluding carboxylic acids is 1. The summed E-state index contributed by atoms with van der Waals surface area (Å²) in [5.41, 5.74) is 0.00996. The summed E-state index contributed by atoms with van der Waals surface area (Å²) in [6.45, 7) is 4.44. The largest absolute Gasteiger partial charge is 0.417 e. The van der Waals surface area contributed by atoms with Crippen molar-refractivity contribution in [2.24, 2.45) is 0 Å². The molecule has 0 saturated carbocycles. The molecule has 28 heavy (non-hydrogen) atoms. The van der Waals surface area contributed by atoms with Crippen molar-refractivity contribution in [2.45, 2.75) is 52.1 Å². The Kier molecular flexibility index (Phi) is 5.72. The quantitative estimate of drug-likeness (QED) is 0.692. The number of hydrogen-bond donors (Lipinski definition) is 0. The van der Waals surface area contributed by atoms with Crippen molar-refractivity contribution in [3.8, 4) is 0 Å². The van der Waals surface area contributed by atoms with Gasteiger partial charge in [0.25, 0.3) is 5.56 Å². The van der Waals surface area contributed by atoms with Gasteiger partial charge >= 0.3 is 6.18 Å². The predicted molar refractivity (Wildman–Crippen MR) is 97.9 cm³/mol. The molecule has 3 heterocycles. The lowest BCUT2D eigenvalue weighted by molar-refractivity contribution is -0.138. The minimum atomic E-state index is -4.67. The fourth-order valence-electron chi connectivity index (χ4n) is 3.47. The maximum atomic E-state index is 13.0. The number of pyridine rings is 1. The molecule has 1 saturated heterocycles. The van der Waals surface area contributed by atoms with Crippen molar-refractivity contribution in [3.63, 3.8) is 0 Å². The summed E-state index contributed by atoms with van der Waals surface area (Å²) in [6, 6.07) is 2.26. The van der Waals surface area contributed by atoms with Gasteiger partial charge < -0.3 is 13.9 Å². The van der Waals surface area contributed by atoms with Crippen LogP contribution in [0.5, 0.6) is 0 Å². The molecule has 0 radical (unpaired) electrons. The lowest BCUT2D eigenvalue weighted by Crippen LogP contribution is -2.26. The van der Waals surface area contributed by atoms with Crippen molar-refractivity contribution in [3.05, 3.63) is 56.2 Å². The molecular formula is C19H20ClF3N2O3. The zero-order chi connectivity index (χ0) is 20.6. The van der Waals surface area contributed by atoms with E-state index in [1.54, 1.807) is 13.0 Å². The first-order valence-electron chi connectivity index (χ1n) is 8.86. The van der Waals surface area contributed by atoms with E-state index < -0.39 is 34.6 Å². The van der Waals surface area contributed by atoms with Gasteiger partial charge in [0.05, 0.1) is 18.2 Å². The van der Waals surface area contributed by atoms with Gasteiger partial charge in [-0.3, -0.25) is 9.59 Å². The molecule has 0 bridgehead atoms. The molecule has 3 rings (SSSR count). The Balaban J connectivity index is 1.88. The Hall–Kier alpha value is -2.06. The number of carbonyl (C=O) groups is 1. The van der Waals surface area contributed by atoms with Crippen molar-refractivity contribution >= 4 is 17.4 Å². The van der Waals surface area contributed by atoms with Gasteiger partial charge in [-0.25, -0.2) is 0 Å². The van der Waals surface area contributed by atoms with E-state index in [2.05, 4.69) is 0 Å². The van der Waals surface area contributed by atoms with E-state index in [1.807, 2.05) is 11.5 Å². The molecule has 1 atom stereocenters. The van der Waals surface area contributed by atoms with Gasteiger partial charge in [-0.2, -0.15) is 13.2 Å². The number of halogens is 4. The van der Waals surface area contributed by atoms with E-state index in [-0.39, 0.29) is 6.10 Å². The summed E-state index contributed by atoms with van der Waals surface area (Å²) in [6.07, 6.45) is -2.03. The van der Waals surface area contributed by atoms with Crippen LogP contribution in [0.15, 0.2) is 23.1 Å². The lowest BCUT2D eigenvalue weighted by atomic mass is 10.1. The Bertz CT molecular complexity index is 957. The van der Waals surface area contributed by atoms with Crippen LogP contribution in [0.3, 0.4) is 0 Å². The van der Waals surface area contributed by atoms with Crippen molar-refractivity contribution in [1.82, 2.24) is 9.13 Å². The van der Waals surface area contributed by atoms with Crippen molar-refractivity contribution in [2.75, 3.05) is 6.61 Å². The van der Waals surface area contributed by atoms with Gasteiger partial charge in [0.1, 0.15) is 5.02 Å². The van der Waals surface area contributed by atoms with Gasteiger partial charge in [0.2, 0.25) is 0 Å². The number of alkyl halides is 3. The molecule has 9 heteroatoms. The van der Waals surface area contributed by atoms with E-state index >= 15 is 0 Å². The van der Waals surface area contributed by atoms with Crippen LogP contribution in [0, 0.1) is 13.8 Å². The second-order valence-electron chi connectivity index (χ2n) is 6.96. The third kappa shape index (κ3) is 4.17. The first kappa shape index (κ1) is 20.7. The molecule has 0 amide bonds. The third-order valence-electron chi connectivity index (χ3n) is 4.97. The molecule has 0 spiro atoms. The number of nitrogens with zero attached hydrogens (tertiary/aromatic N) is 2. The summed E-state index contributed by atoms with van der Waals surface area (Å²) >= 11 is 5.65. The number of rotatable bonds is 5. The van der Waals surface area contributed by atoms with Crippen LogP contribution in [-0.2, 0) is 24.0 Å². The minimum absolute atomic E-state index is 0.0812. The Morgan fingerprint density at radius 3 is 2.64 bits per heavy atom. The second-order valence-corrected chi connectivity index (χ2v) is 7.37. The minimum Gasteiger partial charge on any atom is -0.376 e. The fraction of sp³-hybridized carbons (Fsp3) is 0.474. The molecule has 1 aliphatic heterocycles. The normalized spacial score (nSPS) is 17.3. The topological polar surface area (TPSA) is 53.2 Å². The average Bonchev–Trinajstić information content (AvgIpc) is 3.21. The van der Waals surface area contributed by atoms with Crippen LogP contribution < -0.4 is 5.56 Å². The monoisotopic (exact) mass is 416 g/mol.